The highest BCUT2D eigenvalue weighted by Gasteiger charge is 2.36. The molecule has 7 nitrogen and oxygen atoms in total. The van der Waals surface area contributed by atoms with Gasteiger partial charge in [-0.25, -0.2) is 9.37 Å². The standard InChI is InChI=1S/C18H22FN5O2/c1-25-16-9-24(8-14(16)19)17-13-10-26-11-15(13)22-18(23-17)21-7-4-12-2-5-20-6-3-12/h2-3,5-6,14,16H,4,7-11H2,1H3,(H,21,22,23). The van der Waals surface area contributed by atoms with Crippen LogP contribution in [-0.2, 0) is 29.1 Å². The maximum Gasteiger partial charge on any atom is 0.224 e. The van der Waals surface area contributed by atoms with E-state index < -0.39 is 12.3 Å². The maximum atomic E-state index is 14.1. The Labute approximate surface area is 151 Å². The molecule has 0 spiro atoms. The summed E-state index contributed by atoms with van der Waals surface area (Å²) < 4.78 is 24.9. The Kier molecular flexibility index (Phi) is 4.94. The Morgan fingerprint density at radius 3 is 2.88 bits per heavy atom. The molecule has 138 valence electrons. The Morgan fingerprint density at radius 1 is 1.27 bits per heavy atom. The molecule has 0 amide bonds. The zero-order chi connectivity index (χ0) is 17.9. The van der Waals surface area contributed by atoms with Crippen molar-refractivity contribution in [2.24, 2.45) is 0 Å². The summed E-state index contributed by atoms with van der Waals surface area (Å²) in [5, 5.41) is 3.27. The van der Waals surface area contributed by atoms with Crippen molar-refractivity contribution in [3.8, 4) is 0 Å². The van der Waals surface area contributed by atoms with Crippen molar-refractivity contribution in [1.82, 2.24) is 15.0 Å². The topological polar surface area (TPSA) is 72.4 Å². The van der Waals surface area contributed by atoms with Gasteiger partial charge in [-0.1, -0.05) is 0 Å². The van der Waals surface area contributed by atoms with Crippen LogP contribution in [0.4, 0.5) is 16.2 Å². The lowest BCUT2D eigenvalue weighted by atomic mass is 10.2. The van der Waals surface area contributed by atoms with Crippen molar-refractivity contribution in [3.05, 3.63) is 41.3 Å². The fraction of sp³-hybridized carbons (Fsp3) is 0.500. The van der Waals surface area contributed by atoms with Crippen LogP contribution < -0.4 is 10.2 Å². The van der Waals surface area contributed by atoms with E-state index in [4.69, 9.17) is 9.47 Å². The molecule has 2 aromatic heterocycles. The first-order valence-electron chi connectivity index (χ1n) is 8.76. The number of ether oxygens (including phenoxy) is 2. The molecule has 4 heterocycles. The fourth-order valence-electron chi connectivity index (χ4n) is 3.37. The van der Waals surface area contributed by atoms with Crippen LogP contribution in [0.25, 0.3) is 0 Å². The van der Waals surface area contributed by atoms with E-state index >= 15 is 0 Å². The third kappa shape index (κ3) is 3.47. The van der Waals surface area contributed by atoms with Crippen molar-refractivity contribution in [3.63, 3.8) is 0 Å². The van der Waals surface area contributed by atoms with Gasteiger partial charge in [-0.2, -0.15) is 4.98 Å². The van der Waals surface area contributed by atoms with Gasteiger partial charge in [0.1, 0.15) is 18.1 Å². The second kappa shape index (κ2) is 7.51. The second-order valence-corrected chi connectivity index (χ2v) is 6.52. The summed E-state index contributed by atoms with van der Waals surface area (Å²) in [6.45, 7) is 2.39. The second-order valence-electron chi connectivity index (χ2n) is 6.52. The van der Waals surface area contributed by atoms with E-state index in [1.54, 1.807) is 19.5 Å². The van der Waals surface area contributed by atoms with Crippen LogP contribution in [0, 0.1) is 0 Å². The third-order valence-corrected chi connectivity index (χ3v) is 4.80. The Hall–Kier alpha value is -2.32. The fourth-order valence-corrected chi connectivity index (χ4v) is 3.37. The predicted molar refractivity (Wildman–Crippen MR) is 94.9 cm³/mol. The number of hydrogen-bond acceptors (Lipinski definition) is 7. The molecular weight excluding hydrogens is 337 g/mol. The first kappa shape index (κ1) is 17.1. The minimum absolute atomic E-state index is 0.276. The van der Waals surface area contributed by atoms with Gasteiger partial charge < -0.3 is 19.7 Å². The highest BCUT2D eigenvalue weighted by Crippen LogP contribution is 2.31. The van der Waals surface area contributed by atoms with Crippen molar-refractivity contribution < 1.29 is 13.9 Å². The average Bonchev–Trinajstić information content (AvgIpc) is 3.28. The zero-order valence-electron chi connectivity index (χ0n) is 14.7. The summed E-state index contributed by atoms with van der Waals surface area (Å²) in [4.78, 5) is 15.2. The summed E-state index contributed by atoms with van der Waals surface area (Å²) in [7, 11) is 1.54. The Bertz CT molecular complexity index is 761. The van der Waals surface area contributed by atoms with Crippen molar-refractivity contribution in [1.29, 1.82) is 0 Å². The molecule has 2 aliphatic rings. The summed E-state index contributed by atoms with van der Waals surface area (Å²) in [6, 6.07) is 3.97. The first-order valence-corrected chi connectivity index (χ1v) is 8.76. The summed E-state index contributed by atoms with van der Waals surface area (Å²) >= 11 is 0. The third-order valence-electron chi connectivity index (χ3n) is 4.80. The van der Waals surface area contributed by atoms with Gasteiger partial charge >= 0.3 is 0 Å². The Balaban J connectivity index is 1.50. The molecule has 0 aliphatic carbocycles. The number of pyridine rings is 1. The van der Waals surface area contributed by atoms with Crippen LogP contribution in [0.3, 0.4) is 0 Å². The maximum absolute atomic E-state index is 14.1. The van der Waals surface area contributed by atoms with Crippen LogP contribution >= 0.6 is 0 Å². The average molecular weight is 359 g/mol. The molecule has 8 heteroatoms. The Morgan fingerprint density at radius 2 is 2.12 bits per heavy atom. The quantitative estimate of drug-likeness (QED) is 0.842. The smallest absolute Gasteiger partial charge is 0.224 e. The van der Waals surface area contributed by atoms with Gasteiger partial charge in [-0.05, 0) is 24.1 Å². The molecule has 1 saturated heterocycles. The van der Waals surface area contributed by atoms with Crippen molar-refractivity contribution in [2.75, 3.05) is 37.0 Å². The number of anilines is 2. The van der Waals surface area contributed by atoms with Gasteiger partial charge in [-0.3, -0.25) is 4.98 Å². The number of alkyl halides is 1. The van der Waals surface area contributed by atoms with Gasteiger partial charge in [0.2, 0.25) is 5.95 Å². The largest absolute Gasteiger partial charge is 0.377 e. The number of hydrogen-bond donors (Lipinski definition) is 1. The van der Waals surface area contributed by atoms with Crippen LogP contribution in [0.1, 0.15) is 16.8 Å². The molecular formula is C18H22FN5O2. The van der Waals surface area contributed by atoms with Crippen molar-refractivity contribution >= 4 is 11.8 Å². The van der Waals surface area contributed by atoms with Gasteiger partial charge in [0.15, 0.2) is 0 Å². The van der Waals surface area contributed by atoms with Gasteiger partial charge in [0.25, 0.3) is 0 Å². The SMILES string of the molecule is COC1CN(c2nc(NCCc3ccncc3)nc3c2COC3)CC1F. The van der Waals surface area contributed by atoms with E-state index in [2.05, 4.69) is 20.3 Å². The number of aromatic nitrogens is 3. The number of fused-ring (bicyclic) bond motifs is 1. The molecule has 2 aromatic rings. The summed E-state index contributed by atoms with van der Waals surface area (Å²) in [5.74, 6) is 1.30. The van der Waals surface area contributed by atoms with E-state index in [0.717, 1.165) is 23.5 Å². The van der Waals surface area contributed by atoms with Gasteiger partial charge in [0.05, 0.1) is 25.5 Å². The van der Waals surface area contributed by atoms with E-state index in [1.165, 1.54) is 5.56 Å². The highest BCUT2D eigenvalue weighted by atomic mass is 19.1. The molecule has 1 N–H and O–H groups in total. The molecule has 0 radical (unpaired) electrons. The predicted octanol–water partition coefficient (Wildman–Crippen LogP) is 1.73. The van der Waals surface area contributed by atoms with E-state index in [-0.39, 0.29) is 6.54 Å². The number of nitrogens with zero attached hydrogens (tertiary/aromatic N) is 4. The van der Waals surface area contributed by atoms with E-state index in [0.29, 0.717) is 32.3 Å². The normalized spacial score (nSPS) is 21.8. The highest BCUT2D eigenvalue weighted by molar-refractivity contribution is 5.54. The molecule has 2 atom stereocenters. The van der Waals surface area contributed by atoms with Crippen molar-refractivity contribution in [2.45, 2.75) is 31.9 Å². The molecule has 0 saturated carbocycles. The summed E-state index contributed by atoms with van der Waals surface area (Å²) in [6.07, 6.45) is 2.96. The number of methoxy groups -OCH3 is 1. The van der Waals surface area contributed by atoms with Gasteiger partial charge in [-0.15, -0.1) is 0 Å². The molecule has 0 bridgehead atoms. The van der Waals surface area contributed by atoms with Crippen LogP contribution in [0.2, 0.25) is 0 Å². The molecule has 2 aliphatic heterocycles. The molecule has 2 unspecified atom stereocenters. The number of nitrogens with one attached hydrogen (secondary N) is 1. The molecule has 26 heavy (non-hydrogen) atoms. The van der Waals surface area contributed by atoms with Crippen LogP contribution in [0.5, 0.6) is 0 Å². The number of halogens is 1. The minimum Gasteiger partial charge on any atom is -0.377 e. The minimum atomic E-state index is -1.02. The lowest BCUT2D eigenvalue weighted by molar-refractivity contribution is 0.0650. The monoisotopic (exact) mass is 359 g/mol. The lowest BCUT2D eigenvalue weighted by Gasteiger charge is -2.20. The first-order chi connectivity index (χ1) is 12.7. The van der Waals surface area contributed by atoms with E-state index in [9.17, 15) is 4.39 Å². The van der Waals surface area contributed by atoms with Gasteiger partial charge in [0, 0.05) is 38.2 Å². The molecule has 1 fully saturated rings. The zero-order valence-corrected chi connectivity index (χ0v) is 14.7. The summed E-state index contributed by atoms with van der Waals surface area (Å²) in [5.41, 5.74) is 3.02. The number of rotatable bonds is 6. The van der Waals surface area contributed by atoms with E-state index in [1.807, 2.05) is 17.0 Å². The molecule has 0 aromatic carbocycles. The van der Waals surface area contributed by atoms with Crippen LogP contribution in [0.15, 0.2) is 24.5 Å². The molecule has 4 rings (SSSR count). The van der Waals surface area contributed by atoms with Crippen LogP contribution in [-0.4, -0.2) is 54.0 Å². The lowest BCUT2D eigenvalue weighted by Crippen LogP contribution is -2.25.